The van der Waals surface area contributed by atoms with Crippen molar-refractivity contribution in [2.75, 3.05) is 7.11 Å². The molecule has 1 aliphatic rings. The van der Waals surface area contributed by atoms with Crippen LogP contribution in [0.1, 0.15) is 38.7 Å². The van der Waals surface area contributed by atoms with Crippen molar-refractivity contribution in [3.8, 4) is 5.75 Å². The van der Waals surface area contributed by atoms with E-state index in [1.165, 1.54) is 18.4 Å². The molecule has 0 saturated heterocycles. The minimum atomic E-state index is 0.289. The minimum absolute atomic E-state index is 0.289. The van der Waals surface area contributed by atoms with E-state index in [0.717, 1.165) is 23.6 Å². The van der Waals surface area contributed by atoms with Crippen molar-refractivity contribution in [3.63, 3.8) is 0 Å². The van der Waals surface area contributed by atoms with E-state index in [4.69, 9.17) is 22.1 Å². The van der Waals surface area contributed by atoms with Crippen LogP contribution in [0.4, 0.5) is 0 Å². The van der Waals surface area contributed by atoms with Crippen LogP contribution in [0.25, 0.3) is 0 Å². The molecule has 0 aromatic heterocycles. The molecule has 2 atom stereocenters. The molecule has 1 fully saturated rings. The lowest BCUT2D eigenvalue weighted by molar-refractivity contribution is 0.156. The monoisotopic (exact) mass is 281 g/mol. The second-order valence-electron chi connectivity index (χ2n) is 6.49. The van der Waals surface area contributed by atoms with Crippen molar-refractivity contribution in [1.82, 2.24) is 0 Å². The van der Waals surface area contributed by atoms with Crippen molar-refractivity contribution >= 4 is 11.6 Å². The zero-order valence-electron chi connectivity index (χ0n) is 12.1. The first-order valence-corrected chi connectivity index (χ1v) is 7.37. The van der Waals surface area contributed by atoms with Crippen LogP contribution >= 0.6 is 11.6 Å². The molecule has 1 saturated carbocycles. The molecule has 106 valence electrons. The average Bonchev–Trinajstić information content (AvgIpc) is 2.34. The minimum Gasteiger partial charge on any atom is -0.496 e. The quantitative estimate of drug-likeness (QED) is 0.907. The number of benzene rings is 1. The Balaban J connectivity index is 2.17. The summed E-state index contributed by atoms with van der Waals surface area (Å²) in [6.45, 7) is 4.67. The molecule has 1 aromatic carbocycles. The van der Waals surface area contributed by atoms with E-state index in [1.54, 1.807) is 7.11 Å². The number of nitrogens with two attached hydrogens (primary N) is 1. The summed E-state index contributed by atoms with van der Waals surface area (Å²) < 4.78 is 5.43. The van der Waals surface area contributed by atoms with Gasteiger partial charge < -0.3 is 10.5 Å². The highest BCUT2D eigenvalue weighted by Crippen LogP contribution is 2.40. The molecule has 2 unspecified atom stereocenters. The third-order valence-corrected chi connectivity index (χ3v) is 4.53. The van der Waals surface area contributed by atoms with Crippen molar-refractivity contribution in [3.05, 3.63) is 28.8 Å². The molecule has 0 bridgehead atoms. The van der Waals surface area contributed by atoms with E-state index in [9.17, 15) is 0 Å². The lowest BCUT2D eigenvalue weighted by Gasteiger charge is -2.39. The maximum atomic E-state index is 6.30. The van der Waals surface area contributed by atoms with Gasteiger partial charge >= 0.3 is 0 Å². The lowest BCUT2D eigenvalue weighted by Crippen LogP contribution is -2.40. The van der Waals surface area contributed by atoms with Crippen LogP contribution in [0.3, 0.4) is 0 Å². The Morgan fingerprint density at radius 2 is 2.16 bits per heavy atom. The second-order valence-corrected chi connectivity index (χ2v) is 6.93. The molecule has 1 aliphatic carbocycles. The maximum absolute atomic E-state index is 6.30. The fraction of sp³-hybridized carbons (Fsp3) is 0.625. The molecule has 0 spiro atoms. The summed E-state index contributed by atoms with van der Waals surface area (Å²) in [5.41, 5.74) is 7.87. The summed E-state index contributed by atoms with van der Waals surface area (Å²) in [5, 5.41) is 0.763. The summed E-state index contributed by atoms with van der Waals surface area (Å²) in [7, 11) is 1.71. The summed E-state index contributed by atoms with van der Waals surface area (Å²) in [5.74, 6) is 1.43. The summed E-state index contributed by atoms with van der Waals surface area (Å²) in [6, 6.07) is 6.11. The zero-order chi connectivity index (χ0) is 14.0. The largest absolute Gasteiger partial charge is 0.496 e. The van der Waals surface area contributed by atoms with Crippen LogP contribution in [-0.4, -0.2) is 13.2 Å². The zero-order valence-corrected chi connectivity index (χ0v) is 12.8. The van der Waals surface area contributed by atoms with Gasteiger partial charge in [-0.1, -0.05) is 25.4 Å². The Morgan fingerprint density at radius 3 is 2.84 bits per heavy atom. The van der Waals surface area contributed by atoms with Gasteiger partial charge in [-0.25, -0.2) is 0 Å². The third-order valence-electron chi connectivity index (χ3n) is 4.30. The highest BCUT2D eigenvalue weighted by molar-refractivity contribution is 6.30. The van der Waals surface area contributed by atoms with E-state index >= 15 is 0 Å². The molecule has 2 rings (SSSR count). The predicted octanol–water partition coefficient (Wildman–Crippen LogP) is 4.04. The van der Waals surface area contributed by atoms with E-state index in [-0.39, 0.29) is 6.04 Å². The highest BCUT2D eigenvalue weighted by Gasteiger charge is 2.33. The van der Waals surface area contributed by atoms with Crippen LogP contribution in [0, 0.1) is 11.3 Å². The van der Waals surface area contributed by atoms with Crippen LogP contribution < -0.4 is 10.5 Å². The number of halogens is 1. The van der Waals surface area contributed by atoms with Gasteiger partial charge in [-0.2, -0.15) is 0 Å². The third kappa shape index (κ3) is 3.64. The van der Waals surface area contributed by atoms with Gasteiger partial charge in [0.2, 0.25) is 0 Å². The van der Waals surface area contributed by atoms with Gasteiger partial charge in [-0.05, 0) is 60.8 Å². The molecule has 0 aliphatic heterocycles. The van der Waals surface area contributed by atoms with Gasteiger partial charge in [0, 0.05) is 11.1 Å². The van der Waals surface area contributed by atoms with Crippen LogP contribution in [0.2, 0.25) is 5.02 Å². The SMILES string of the molecule is COc1ccc(Cl)cc1CC1CC(C)(C)CCC1N. The van der Waals surface area contributed by atoms with E-state index in [1.807, 2.05) is 18.2 Å². The molecule has 0 heterocycles. The average molecular weight is 282 g/mol. The molecule has 0 amide bonds. The first kappa shape index (κ1) is 14.7. The highest BCUT2D eigenvalue weighted by atomic mass is 35.5. The number of hydrogen-bond donors (Lipinski definition) is 1. The predicted molar refractivity (Wildman–Crippen MR) is 80.8 cm³/mol. The standard InChI is InChI=1S/C16H24ClNO/c1-16(2)7-6-14(18)12(10-16)8-11-9-13(17)4-5-15(11)19-3/h4-5,9,12,14H,6-8,10,18H2,1-3H3. The van der Waals surface area contributed by atoms with Crippen molar-refractivity contribution in [2.24, 2.45) is 17.1 Å². The maximum Gasteiger partial charge on any atom is 0.122 e. The molecule has 1 aromatic rings. The number of ether oxygens (including phenoxy) is 1. The Labute approximate surface area is 121 Å². The summed E-state index contributed by atoms with van der Waals surface area (Å²) in [6.07, 6.45) is 4.45. The molecular weight excluding hydrogens is 258 g/mol. The molecule has 19 heavy (non-hydrogen) atoms. The number of rotatable bonds is 3. The molecule has 2 N–H and O–H groups in total. The van der Waals surface area contributed by atoms with E-state index in [2.05, 4.69) is 13.8 Å². The Morgan fingerprint density at radius 1 is 1.42 bits per heavy atom. The normalized spacial score (nSPS) is 26.2. The Hall–Kier alpha value is -0.730. The van der Waals surface area contributed by atoms with Crippen molar-refractivity contribution in [2.45, 2.75) is 45.6 Å². The van der Waals surface area contributed by atoms with E-state index < -0.39 is 0 Å². The van der Waals surface area contributed by atoms with Crippen LogP contribution in [-0.2, 0) is 6.42 Å². The topological polar surface area (TPSA) is 35.2 Å². The van der Waals surface area contributed by atoms with E-state index in [0.29, 0.717) is 11.3 Å². The lowest BCUT2D eigenvalue weighted by atomic mass is 9.68. The Bertz CT molecular complexity index is 444. The molecule has 2 nitrogen and oxygen atoms in total. The molecular formula is C16H24ClNO. The molecule has 3 heteroatoms. The fourth-order valence-corrected chi connectivity index (χ4v) is 3.36. The molecule has 0 radical (unpaired) electrons. The first-order valence-electron chi connectivity index (χ1n) is 6.99. The summed E-state index contributed by atoms with van der Waals surface area (Å²) >= 11 is 6.10. The van der Waals surface area contributed by atoms with Crippen molar-refractivity contribution < 1.29 is 4.74 Å². The smallest absolute Gasteiger partial charge is 0.122 e. The number of hydrogen-bond acceptors (Lipinski definition) is 2. The van der Waals surface area contributed by atoms with Crippen LogP contribution in [0.5, 0.6) is 5.75 Å². The van der Waals surface area contributed by atoms with Gasteiger partial charge in [0.05, 0.1) is 7.11 Å². The second kappa shape index (κ2) is 5.72. The van der Waals surface area contributed by atoms with Gasteiger partial charge in [0.1, 0.15) is 5.75 Å². The Kier molecular flexibility index (Phi) is 4.42. The number of methoxy groups -OCH3 is 1. The van der Waals surface area contributed by atoms with Gasteiger partial charge in [-0.15, -0.1) is 0 Å². The van der Waals surface area contributed by atoms with Gasteiger partial charge in [-0.3, -0.25) is 0 Å². The van der Waals surface area contributed by atoms with Gasteiger partial charge in [0.25, 0.3) is 0 Å². The van der Waals surface area contributed by atoms with Gasteiger partial charge in [0.15, 0.2) is 0 Å². The summed E-state index contributed by atoms with van der Waals surface area (Å²) in [4.78, 5) is 0. The fourth-order valence-electron chi connectivity index (χ4n) is 3.17. The van der Waals surface area contributed by atoms with Crippen molar-refractivity contribution in [1.29, 1.82) is 0 Å². The van der Waals surface area contributed by atoms with Crippen LogP contribution in [0.15, 0.2) is 18.2 Å². The first-order chi connectivity index (χ1) is 8.91.